The first-order valence-electron chi connectivity index (χ1n) is 4.25. The summed E-state index contributed by atoms with van der Waals surface area (Å²) in [5.41, 5.74) is 0. The molecule has 12 heavy (non-hydrogen) atoms. The summed E-state index contributed by atoms with van der Waals surface area (Å²) in [6, 6.07) is -0.0850. The Labute approximate surface area is 73.6 Å². The lowest BCUT2D eigenvalue weighted by Gasteiger charge is -2.15. The van der Waals surface area contributed by atoms with E-state index >= 15 is 0 Å². The number of aliphatic hydroxyl groups excluding tert-OH is 1. The largest absolute Gasteiger partial charge is 0.393 e. The first-order valence-corrected chi connectivity index (χ1v) is 4.25. The van der Waals surface area contributed by atoms with Crippen molar-refractivity contribution >= 4 is 6.03 Å². The third kappa shape index (κ3) is 4.96. The molecule has 0 saturated carbocycles. The molecule has 0 aromatic heterocycles. The van der Waals surface area contributed by atoms with Gasteiger partial charge in [0.15, 0.2) is 0 Å². The Balaban J connectivity index is 3.44. The smallest absolute Gasteiger partial charge is 0.317 e. The fraction of sp³-hybridized carbons (Fsp3) is 0.875. The second-order valence-electron chi connectivity index (χ2n) is 2.88. The van der Waals surface area contributed by atoms with Crippen LogP contribution in [0.1, 0.15) is 20.3 Å². The molecule has 0 saturated heterocycles. The number of amides is 2. The summed E-state index contributed by atoms with van der Waals surface area (Å²) >= 11 is 0. The minimum atomic E-state index is -0.350. The molecule has 1 unspecified atom stereocenters. The highest BCUT2D eigenvalue weighted by Gasteiger charge is 2.04. The van der Waals surface area contributed by atoms with Crippen LogP contribution in [0.3, 0.4) is 0 Å². The van der Waals surface area contributed by atoms with Gasteiger partial charge in [-0.2, -0.15) is 0 Å². The molecule has 0 heterocycles. The lowest BCUT2D eigenvalue weighted by molar-refractivity contribution is 0.180. The van der Waals surface area contributed by atoms with Crippen LogP contribution in [-0.4, -0.2) is 42.3 Å². The fourth-order valence-corrected chi connectivity index (χ4v) is 0.667. The van der Waals surface area contributed by atoms with Crippen molar-refractivity contribution in [2.45, 2.75) is 26.4 Å². The molecule has 0 aromatic rings. The van der Waals surface area contributed by atoms with Crippen molar-refractivity contribution in [1.82, 2.24) is 10.2 Å². The molecule has 0 bridgehead atoms. The van der Waals surface area contributed by atoms with E-state index in [4.69, 9.17) is 5.11 Å². The number of urea groups is 1. The molecule has 0 aliphatic carbocycles. The zero-order valence-electron chi connectivity index (χ0n) is 8.00. The zero-order chi connectivity index (χ0) is 9.56. The predicted octanol–water partition coefficient (Wildman–Crippen LogP) is 0.419. The second-order valence-corrected chi connectivity index (χ2v) is 2.88. The summed E-state index contributed by atoms with van der Waals surface area (Å²) in [4.78, 5) is 12.7. The van der Waals surface area contributed by atoms with E-state index in [1.807, 2.05) is 6.92 Å². The summed E-state index contributed by atoms with van der Waals surface area (Å²) < 4.78 is 0. The third-order valence-corrected chi connectivity index (χ3v) is 1.66. The van der Waals surface area contributed by atoms with Gasteiger partial charge < -0.3 is 15.3 Å². The number of nitrogens with zero attached hydrogens (tertiary/aromatic N) is 1. The van der Waals surface area contributed by atoms with E-state index in [1.54, 1.807) is 18.9 Å². The second kappa shape index (κ2) is 5.83. The van der Waals surface area contributed by atoms with E-state index in [0.29, 0.717) is 19.5 Å². The normalized spacial score (nSPS) is 12.3. The minimum Gasteiger partial charge on any atom is -0.393 e. The highest BCUT2D eigenvalue weighted by molar-refractivity contribution is 5.73. The summed E-state index contributed by atoms with van der Waals surface area (Å²) in [5.74, 6) is 0. The molecule has 1 atom stereocenters. The van der Waals surface area contributed by atoms with Crippen molar-refractivity contribution in [3.63, 3.8) is 0 Å². The van der Waals surface area contributed by atoms with Gasteiger partial charge in [0.25, 0.3) is 0 Å². The maximum atomic E-state index is 11.1. The van der Waals surface area contributed by atoms with Crippen LogP contribution in [0, 0.1) is 0 Å². The van der Waals surface area contributed by atoms with Crippen molar-refractivity contribution in [3.8, 4) is 0 Å². The molecule has 0 aromatic carbocycles. The van der Waals surface area contributed by atoms with Gasteiger partial charge in [-0.3, -0.25) is 0 Å². The minimum absolute atomic E-state index is 0.0850. The monoisotopic (exact) mass is 174 g/mol. The molecule has 0 aliphatic heterocycles. The van der Waals surface area contributed by atoms with E-state index in [2.05, 4.69) is 5.32 Å². The van der Waals surface area contributed by atoms with Crippen molar-refractivity contribution in [2.75, 3.05) is 20.1 Å². The van der Waals surface area contributed by atoms with Crippen LogP contribution in [0.4, 0.5) is 4.79 Å². The lowest BCUT2D eigenvalue weighted by Crippen LogP contribution is -2.38. The summed E-state index contributed by atoms with van der Waals surface area (Å²) in [6.45, 7) is 4.84. The number of nitrogens with one attached hydrogen (secondary N) is 1. The van der Waals surface area contributed by atoms with Crippen LogP contribution in [0.5, 0.6) is 0 Å². The number of hydrogen-bond donors (Lipinski definition) is 2. The van der Waals surface area contributed by atoms with Crippen LogP contribution in [0.25, 0.3) is 0 Å². The molecule has 72 valence electrons. The zero-order valence-corrected chi connectivity index (χ0v) is 8.00. The Morgan fingerprint density at radius 3 is 2.67 bits per heavy atom. The van der Waals surface area contributed by atoms with Gasteiger partial charge in [-0.05, 0) is 20.3 Å². The molecule has 0 aliphatic rings. The van der Waals surface area contributed by atoms with E-state index in [-0.39, 0.29) is 12.1 Å². The van der Waals surface area contributed by atoms with Gasteiger partial charge in [0.05, 0.1) is 6.10 Å². The van der Waals surface area contributed by atoms with Gasteiger partial charge in [0.2, 0.25) is 0 Å². The van der Waals surface area contributed by atoms with Crippen LogP contribution in [-0.2, 0) is 0 Å². The number of carbonyl (C=O) groups excluding carboxylic acids is 1. The molecule has 2 amide bonds. The van der Waals surface area contributed by atoms with Crippen molar-refractivity contribution < 1.29 is 9.90 Å². The van der Waals surface area contributed by atoms with Gasteiger partial charge in [0.1, 0.15) is 0 Å². The molecule has 4 heteroatoms. The fourth-order valence-electron chi connectivity index (χ4n) is 0.667. The standard InChI is InChI=1S/C8H18N2O2/c1-4-10(3)8(12)9-6-5-7(2)11/h7,11H,4-6H2,1-3H3,(H,9,12). The first-order chi connectivity index (χ1) is 5.57. The maximum absolute atomic E-state index is 11.1. The average Bonchev–Trinajstić information content (AvgIpc) is 2.02. The molecule has 4 nitrogen and oxygen atoms in total. The average molecular weight is 174 g/mol. The Bertz CT molecular complexity index is 137. The van der Waals surface area contributed by atoms with Gasteiger partial charge >= 0.3 is 6.03 Å². The SMILES string of the molecule is CCN(C)C(=O)NCCC(C)O. The Kier molecular flexibility index (Phi) is 5.45. The van der Waals surface area contributed by atoms with E-state index in [9.17, 15) is 4.79 Å². The maximum Gasteiger partial charge on any atom is 0.317 e. The third-order valence-electron chi connectivity index (χ3n) is 1.66. The van der Waals surface area contributed by atoms with Crippen molar-refractivity contribution in [3.05, 3.63) is 0 Å². The summed E-state index contributed by atoms with van der Waals surface area (Å²) in [7, 11) is 1.73. The first kappa shape index (κ1) is 11.2. The van der Waals surface area contributed by atoms with Gasteiger partial charge in [-0.25, -0.2) is 4.79 Å². The number of rotatable bonds is 4. The Morgan fingerprint density at radius 1 is 1.67 bits per heavy atom. The van der Waals surface area contributed by atoms with Crippen LogP contribution in [0.15, 0.2) is 0 Å². The number of aliphatic hydroxyl groups is 1. The molecule has 0 fully saturated rings. The highest BCUT2D eigenvalue weighted by atomic mass is 16.3. The summed E-state index contributed by atoms with van der Waals surface area (Å²) in [6.07, 6.45) is 0.251. The van der Waals surface area contributed by atoms with E-state index in [0.717, 1.165) is 0 Å². The highest BCUT2D eigenvalue weighted by Crippen LogP contribution is 1.87. The van der Waals surface area contributed by atoms with Crippen molar-refractivity contribution in [1.29, 1.82) is 0 Å². The van der Waals surface area contributed by atoms with Gasteiger partial charge in [0, 0.05) is 20.1 Å². The van der Waals surface area contributed by atoms with Gasteiger partial charge in [-0.1, -0.05) is 0 Å². The molecule has 2 N–H and O–H groups in total. The number of carbonyl (C=O) groups is 1. The quantitative estimate of drug-likeness (QED) is 0.649. The molecule has 0 rings (SSSR count). The topological polar surface area (TPSA) is 52.6 Å². The van der Waals surface area contributed by atoms with E-state index < -0.39 is 0 Å². The molecular weight excluding hydrogens is 156 g/mol. The Hall–Kier alpha value is -0.770. The molecule has 0 radical (unpaired) electrons. The lowest BCUT2D eigenvalue weighted by atomic mass is 10.3. The van der Waals surface area contributed by atoms with E-state index in [1.165, 1.54) is 0 Å². The van der Waals surface area contributed by atoms with Crippen LogP contribution < -0.4 is 5.32 Å². The molecular formula is C8H18N2O2. The van der Waals surface area contributed by atoms with Crippen LogP contribution >= 0.6 is 0 Å². The number of hydrogen-bond acceptors (Lipinski definition) is 2. The van der Waals surface area contributed by atoms with Gasteiger partial charge in [-0.15, -0.1) is 0 Å². The Morgan fingerprint density at radius 2 is 2.25 bits per heavy atom. The molecule has 0 spiro atoms. The summed E-state index contributed by atoms with van der Waals surface area (Å²) in [5, 5.41) is 11.6. The van der Waals surface area contributed by atoms with Crippen molar-refractivity contribution in [2.24, 2.45) is 0 Å². The van der Waals surface area contributed by atoms with Crippen LogP contribution in [0.2, 0.25) is 0 Å². The predicted molar refractivity (Wildman–Crippen MR) is 48.0 cm³/mol.